The van der Waals surface area contributed by atoms with E-state index >= 15 is 0 Å². The fourth-order valence-electron chi connectivity index (χ4n) is 4.25. The van der Waals surface area contributed by atoms with Gasteiger partial charge < -0.3 is 20.4 Å². The SMILES string of the molecule is Cc1ccc(C(=O)NC(Cc2ccccc2)C(=O)N2CCN(C(=O)NC(C)C)C(C)C2)cc1[N+](=O)[O-]. The Morgan fingerprint density at radius 2 is 1.78 bits per heavy atom. The van der Waals surface area contributed by atoms with Crippen molar-refractivity contribution in [3.05, 3.63) is 75.3 Å². The van der Waals surface area contributed by atoms with E-state index in [4.69, 9.17) is 0 Å². The molecule has 0 radical (unpaired) electrons. The molecule has 0 bridgehead atoms. The van der Waals surface area contributed by atoms with Crippen LogP contribution >= 0.6 is 0 Å². The van der Waals surface area contributed by atoms with Crippen LogP contribution in [0.2, 0.25) is 0 Å². The second-order valence-corrected chi connectivity index (χ2v) is 9.41. The zero-order valence-corrected chi connectivity index (χ0v) is 21.1. The summed E-state index contributed by atoms with van der Waals surface area (Å²) in [5.74, 6) is -0.819. The lowest BCUT2D eigenvalue weighted by Crippen LogP contribution is -2.61. The number of aryl methyl sites for hydroxylation is 1. The van der Waals surface area contributed by atoms with Crippen LogP contribution in [0.5, 0.6) is 0 Å². The van der Waals surface area contributed by atoms with Gasteiger partial charge in [0, 0.05) is 55.3 Å². The third-order valence-electron chi connectivity index (χ3n) is 6.17. The van der Waals surface area contributed by atoms with E-state index in [-0.39, 0.29) is 41.7 Å². The summed E-state index contributed by atoms with van der Waals surface area (Å²) < 4.78 is 0. The van der Waals surface area contributed by atoms with Crippen LogP contribution in [0.3, 0.4) is 0 Å². The topological polar surface area (TPSA) is 125 Å². The quantitative estimate of drug-likeness (QED) is 0.451. The molecule has 10 heteroatoms. The van der Waals surface area contributed by atoms with Crippen molar-refractivity contribution in [1.29, 1.82) is 0 Å². The first kappa shape index (κ1) is 26.7. The molecule has 0 spiro atoms. The lowest BCUT2D eigenvalue weighted by atomic mass is 10.0. The number of piperazine rings is 1. The van der Waals surface area contributed by atoms with E-state index in [9.17, 15) is 24.5 Å². The number of nitro benzene ring substituents is 1. The Bertz CT molecular complexity index is 1120. The molecule has 4 amide bonds. The maximum Gasteiger partial charge on any atom is 0.317 e. The summed E-state index contributed by atoms with van der Waals surface area (Å²) in [6, 6.07) is 12.4. The summed E-state index contributed by atoms with van der Waals surface area (Å²) in [4.78, 5) is 53.3. The highest BCUT2D eigenvalue weighted by Gasteiger charge is 2.34. The van der Waals surface area contributed by atoms with Crippen LogP contribution in [0.15, 0.2) is 48.5 Å². The second kappa shape index (κ2) is 11.7. The molecule has 2 atom stereocenters. The van der Waals surface area contributed by atoms with Crippen LogP contribution in [-0.4, -0.2) is 70.3 Å². The van der Waals surface area contributed by atoms with E-state index in [1.807, 2.05) is 51.1 Å². The minimum atomic E-state index is -0.872. The van der Waals surface area contributed by atoms with Crippen molar-refractivity contribution in [2.75, 3.05) is 19.6 Å². The Morgan fingerprint density at radius 3 is 2.39 bits per heavy atom. The van der Waals surface area contributed by atoms with Gasteiger partial charge in [-0.1, -0.05) is 36.4 Å². The number of nitrogens with one attached hydrogen (secondary N) is 2. The summed E-state index contributed by atoms with van der Waals surface area (Å²) in [7, 11) is 0. The van der Waals surface area contributed by atoms with E-state index in [1.165, 1.54) is 18.2 Å². The molecule has 10 nitrogen and oxygen atoms in total. The highest BCUT2D eigenvalue weighted by atomic mass is 16.6. The van der Waals surface area contributed by atoms with Gasteiger partial charge in [-0.05, 0) is 39.3 Å². The number of carbonyl (C=O) groups excluding carboxylic acids is 3. The maximum absolute atomic E-state index is 13.6. The van der Waals surface area contributed by atoms with E-state index in [0.29, 0.717) is 25.2 Å². The van der Waals surface area contributed by atoms with Crippen LogP contribution in [0.25, 0.3) is 0 Å². The van der Waals surface area contributed by atoms with Crippen molar-refractivity contribution in [3.63, 3.8) is 0 Å². The van der Waals surface area contributed by atoms with Gasteiger partial charge in [-0.2, -0.15) is 0 Å². The predicted octanol–water partition coefficient (Wildman–Crippen LogP) is 2.90. The Balaban J connectivity index is 1.78. The Labute approximate surface area is 210 Å². The molecule has 2 unspecified atom stereocenters. The number of carbonyl (C=O) groups is 3. The second-order valence-electron chi connectivity index (χ2n) is 9.41. The van der Waals surface area contributed by atoms with E-state index in [1.54, 1.807) is 16.7 Å². The Hall–Kier alpha value is -3.95. The molecule has 0 saturated carbocycles. The number of nitro groups is 1. The molecule has 36 heavy (non-hydrogen) atoms. The standard InChI is InChI=1S/C26H33N5O5/c1-17(2)27-26(34)30-13-12-29(16-19(30)4)25(33)22(14-20-8-6-5-7-9-20)28-24(32)21-11-10-18(3)23(15-21)31(35)36/h5-11,15,17,19,22H,12-14,16H2,1-4H3,(H,27,34)(H,28,32). The normalized spacial score (nSPS) is 16.4. The third-order valence-corrected chi connectivity index (χ3v) is 6.17. The maximum atomic E-state index is 13.6. The first-order chi connectivity index (χ1) is 17.1. The first-order valence-electron chi connectivity index (χ1n) is 12.0. The van der Waals surface area contributed by atoms with Crippen LogP contribution in [0, 0.1) is 17.0 Å². The molecule has 2 aromatic rings. The fraction of sp³-hybridized carbons (Fsp3) is 0.423. The predicted molar refractivity (Wildman–Crippen MR) is 136 cm³/mol. The molecular weight excluding hydrogens is 462 g/mol. The van der Waals surface area contributed by atoms with Gasteiger partial charge >= 0.3 is 6.03 Å². The van der Waals surface area contributed by atoms with E-state index in [0.717, 1.165) is 5.56 Å². The molecule has 1 fully saturated rings. The van der Waals surface area contributed by atoms with Crippen LogP contribution in [0.1, 0.15) is 42.3 Å². The molecule has 1 saturated heterocycles. The molecule has 1 aliphatic heterocycles. The molecule has 1 heterocycles. The largest absolute Gasteiger partial charge is 0.340 e. The third kappa shape index (κ3) is 6.59. The Kier molecular flexibility index (Phi) is 8.63. The van der Waals surface area contributed by atoms with Crippen LogP contribution < -0.4 is 10.6 Å². The molecule has 2 N–H and O–H groups in total. The van der Waals surface area contributed by atoms with Gasteiger partial charge in [0.15, 0.2) is 0 Å². The summed E-state index contributed by atoms with van der Waals surface area (Å²) in [5.41, 5.74) is 1.27. The molecule has 0 aliphatic carbocycles. The van der Waals surface area contributed by atoms with Crippen molar-refractivity contribution in [2.45, 2.75) is 52.2 Å². The molecule has 2 aromatic carbocycles. The van der Waals surface area contributed by atoms with Gasteiger partial charge in [0.05, 0.1) is 4.92 Å². The number of benzene rings is 2. The van der Waals surface area contributed by atoms with Gasteiger partial charge in [0.2, 0.25) is 5.91 Å². The number of hydrogen-bond acceptors (Lipinski definition) is 5. The van der Waals surface area contributed by atoms with Crippen molar-refractivity contribution in [3.8, 4) is 0 Å². The molecule has 192 valence electrons. The zero-order chi connectivity index (χ0) is 26.4. The van der Waals surface area contributed by atoms with Gasteiger partial charge in [-0.15, -0.1) is 0 Å². The Morgan fingerprint density at radius 1 is 1.08 bits per heavy atom. The average Bonchev–Trinajstić information content (AvgIpc) is 2.83. The van der Waals surface area contributed by atoms with Gasteiger partial charge in [-0.25, -0.2) is 4.79 Å². The first-order valence-corrected chi connectivity index (χ1v) is 12.0. The summed E-state index contributed by atoms with van der Waals surface area (Å²) in [5, 5.41) is 17.0. The number of urea groups is 1. The monoisotopic (exact) mass is 495 g/mol. The van der Waals surface area contributed by atoms with Crippen molar-refractivity contribution in [1.82, 2.24) is 20.4 Å². The average molecular weight is 496 g/mol. The van der Waals surface area contributed by atoms with Gasteiger partial charge in [-0.3, -0.25) is 19.7 Å². The molecular formula is C26H33N5O5. The van der Waals surface area contributed by atoms with Crippen LogP contribution in [0.4, 0.5) is 10.5 Å². The number of rotatable bonds is 7. The summed E-state index contributed by atoms with van der Waals surface area (Å²) >= 11 is 0. The number of nitrogens with zero attached hydrogens (tertiary/aromatic N) is 3. The lowest BCUT2D eigenvalue weighted by Gasteiger charge is -2.41. The number of hydrogen-bond donors (Lipinski definition) is 2. The lowest BCUT2D eigenvalue weighted by molar-refractivity contribution is -0.385. The highest BCUT2D eigenvalue weighted by Crippen LogP contribution is 2.20. The highest BCUT2D eigenvalue weighted by molar-refractivity contribution is 5.98. The van der Waals surface area contributed by atoms with Gasteiger partial charge in [0.25, 0.3) is 11.6 Å². The fourth-order valence-corrected chi connectivity index (χ4v) is 4.25. The molecule has 3 rings (SSSR count). The molecule has 0 aromatic heterocycles. The smallest absolute Gasteiger partial charge is 0.317 e. The van der Waals surface area contributed by atoms with E-state index < -0.39 is 16.9 Å². The van der Waals surface area contributed by atoms with E-state index in [2.05, 4.69) is 10.6 Å². The van der Waals surface area contributed by atoms with Crippen molar-refractivity contribution >= 4 is 23.5 Å². The van der Waals surface area contributed by atoms with Crippen molar-refractivity contribution < 1.29 is 19.3 Å². The number of amides is 4. The zero-order valence-electron chi connectivity index (χ0n) is 21.1. The minimum absolute atomic E-state index is 0.00688. The summed E-state index contributed by atoms with van der Waals surface area (Å²) in [6.07, 6.45) is 0.266. The van der Waals surface area contributed by atoms with Crippen LogP contribution in [-0.2, 0) is 11.2 Å². The van der Waals surface area contributed by atoms with Gasteiger partial charge in [0.1, 0.15) is 6.04 Å². The summed E-state index contributed by atoms with van der Waals surface area (Å²) in [6.45, 7) is 8.32. The molecule has 1 aliphatic rings. The van der Waals surface area contributed by atoms with Crippen molar-refractivity contribution in [2.24, 2.45) is 0 Å². The minimum Gasteiger partial charge on any atom is -0.340 e.